The molecule has 2 N–H and O–H groups in total. The van der Waals surface area contributed by atoms with Crippen molar-refractivity contribution in [1.82, 2.24) is 10.5 Å². The number of aromatic nitrogens is 1. The summed E-state index contributed by atoms with van der Waals surface area (Å²) in [5, 5.41) is 15.3. The van der Waals surface area contributed by atoms with Crippen LogP contribution >= 0.6 is 11.6 Å². The summed E-state index contributed by atoms with van der Waals surface area (Å²) >= 11 is 5.96. The molecule has 6 nitrogen and oxygen atoms in total. The Morgan fingerprint density at radius 3 is 2.95 bits per heavy atom. The number of halogens is 1. The molecule has 0 saturated heterocycles. The van der Waals surface area contributed by atoms with Gasteiger partial charge in [-0.1, -0.05) is 16.8 Å². The molecule has 7 heteroatoms. The highest BCUT2D eigenvalue weighted by Crippen LogP contribution is 2.36. The summed E-state index contributed by atoms with van der Waals surface area (Å²) in [7, 11) is 0. The van der Waals surface area contributed by atoms with Gasteiger partial charge in [-0.2, -0.15) is 0 Å². The van der Waals surface area contributed by atoms with Crippen LogP contribution in [0, 0.1) is 0 Å². The van der Waals surface area contributed by atoms with Gasteiger partial charge >= 0.3 is 5.97 Å². The molecule has 0 atom stereocenters. The highest BCUT2D eigenvalue weighted by molar-refractivity contribution is 6.30. The first kappa shape index (κ1) is 13.6. The standard InChI is InChI=1S/C14H11ClN2O4/c15-8-2-4-9-7(5-8)1-3-10-12(17-21-13(9)10)14(20)16-6-11(18)19/h2,4-5H,1,3,6H2,(H,16,20)(H,18,19). The van der Waals surface area contributed by atoms with Gasteiger partial charge in [0.1, 0.15) is 6.54 Å². The number of amides is 1. The molecule has 1 aromatic carbocycles. The number of carbonyl (C=O) groups is 2. The molecule has 0 radical (unpaired) electrons. The van der Waals surface area contributed by atoms with Gasteiger partial charge in [0, 0.05) is 16.1 Å². The van der Waals surface area contributed by atoms with Crippen LogP contribution in [0.1, 0.15) is 21.6 Å². The topological polar surface area (TPSA) is 92.4 Å². The van der Waals surface area contributed by atoms with E-state index in [4.69, 9.17) is 21.2 Å². The summed E-state index contributed by atoms with van der Waals surface area (Å²) in [6.07, 6.45) is 1.32. The molecule has 1 aromatic heterocycles. The number of hydrogen-bond donors (Lipinski definition) is 2. The molecule has 1 amide bonds. The van der Waals surface area contributed by atoms with Gasteiger partial charge in [0.05, 0.1) is 0 Å². The minimum absolute atomic E-state index is 0.145. The number of aryl methyl sites for hydroxylation is 1. The second-order valence-corrected chi connectivity index (χ2v) is 5.15. The number of carboxylic acids is 1. The Labute approximate surface area is 124 Å². The maximum absolute atomic E-state index is 11.9. The summed E-state index contributed by atoms with van der Waals surface area (Å²) in [4.78, 5) is 22.4. The van der Waals surface area contributed by atoms with Crippen LogP contribution < -0.4 is 5.32 Å². The lowest BCUT2D eigenvalue weighted by Crippen LogP contribution is -2.30. The third kappa shape index (κ3) is 2.50. The Kier molecular flexibility index (Phi) is 3.39. The zero-order chi connectivity index (χ0) is 15.0. The van der Waals surface area contributed by atoms with E-state index < -0.39 is 18.4 Å². The van der Waals surface area contributed by atoms with Crippen molar-refractivity contribution in [2.75, 3.05) is 6.54 Å². The zero-order valence-electron chi connectivity index (χ0n) is 10.9. The van der Waals surface area contributed by atoms with E-state index in [1.165, 1.54) is 0 Å². The first-order valence-corrected chi connectivity index (χ1v) is 6.71. The maximum atomic E-state index is 11.9. The molecular weight excluding hydrogens is 296 g/mol. The number of hydrogen-bond acceptors (Lipinski definition) is 4. The summed E-state index contributed by atoms with van der Waals surface area (Å²) in [6, 6.07) is 5.45. The van der Waals surface area contributed by atoms with Crippen LogP contribution in [0.2, 0.25) is 5.02 Å². The third-order valence-corrected chi connectivity index (χ3v) is 3.59. The molecule has 0 unspecified atom stereocenters. The van der Waals surface area contributed by atoms with E-state index in [1.54, 1.807) is 6.07 Å². The fraction of sp³-hybridized carbons (Fsp3) is 0.214. The Morgan fingerprint density at radius 2 is 2.19 bits per heavy atom. The lowest BCUT2D eigenvalue weighted by atomic mass is 9.89. The van der Waals surface area contributed by atoms with Crippen LogP contribution in [0.25, 0.3) is 11.3 Å². The van der Waals surface area contributed by atoms with Crippen molar-refractivity contribution in [2.45, 2.75) is 12.8 Å². The van der Waals surface area contributed by atoms with Crippen LogP contribution in [0.3, 0.4) is 0 Å². The molecule has 0 spiro atoms. The van der Waals surface area contributed by atoms with Gasteiger partial charge < -0.3 is 14.9 Å². The number of aliphatic carboxylic acids is 1. The normalized spacial score (nSPS) is 12.4. The quantitative estimate of drug-likeness (QED) is 0.903. The van der Waals surface area contributed by atoms with Gasteiger partial charge in [-0.3, -0.25) is 9.59 Å². The number of carbonyl (C=O) groups excluding carboxylic acids is 1. The lowest BCUT2D eigenvalue weighted by molar-refractivity contribution is -0.135. The van der Waals surface area contributed by atoms with E-state index in [9.17, 15) is 9.59 Å². The maximum Gasteiger partial charge on any atom is 0.322 e. The van der Waals surface area contributed by atoms with Crippen LogP contribution in [-0.4, -0.2) is 28.7 Å². The highest BCUT2D eigenvalue weighted by Gasteiger charge is 2.27. The Bertz CT molecular complexity index is 739. The van der Waals surface area contributed by atoms with Crippen LogP contribution in [0.5, 0.6) is 0 Å². The first-order chi connectivity index (χ1) is 10.1. The summed E-state index contributed by atoms with van der Waals surface area (Å²) < 4.78 is 5.28. The monoisotopic (exact) mass is 306 g/mol. The van der Waals surface area contributed by atoms with Crippen LogP contribution in [0.15, 0.2) is 22.7 Å². The van der Waals surface area contributed by atoms with Crippen molar-refractivity contribution in [3.63, 3.8) is 0 Å². The first-order valence-electron chi connectivity index (χ1n) is 6.33. The van der Waals surface area contributed by atoms with Crippen molar-refractivity contribution in [3.8, 4) is 11.3 Å². The van der Waals surface area contributed by atoms with Crippen molar-refractivity contribution in [3.05, 3.63) is 40.0 Å². The SMILES string of the molecule is O=C(O)CNC(=O)c1noc2c1CCc1cc(Cl)ccc1-2. The molecule has 0 aliphatic heterocycles. The van der Waals surface area contributed by atoms with E-state index >= 15 is 0 Å². The van der Waals surface area contributed by atoms with Crippen LogP contribution in [-0.2, 0) is 17.6 Å². The predicted octanol–water partition coefficient (Wildman–Crippen LogP) is 1.91. The zero-order valence-corrected chi connectivity index (χ0v) is 11.6. The van der Waals surface area contributed by atoms with Crippen molar-refractivity contribution < 1.29 is 19.2 Å². The molecule has 0 bridgehead atoms. The van der Waals surface area contributed by atoms with E-state index in [1.807, 2.05) is 12.1 Å². The minimum atomic E-state index is -1.11. The number of nitrogens with zero attached hydrogens (tertiary/aromatic N) is 1. The Morgan fingerprint density at radius 1 is 1.38 bits per heavy atom. The third-order valence-electron chi connectivity index (χ3n) is 3.36. The Hall–Kier alpha value is -2.34. The summed E-state index contributed by atoms with van der Waals surface area (Å²) in [6.45, 7) is -0.452. The average Bonchev–Trinajstić information content (AvgIpc) is 2.88. The number of nitrogens with one attached hydrogen (secondary N) is 1. The average molecular weight is 307 g/mol. The predicted molar refractivity (Wildman–Crippen MR) is 74.3 cm³/mol. The van der Waals surface area contributed by atoms with E-state index in [2.05, 4.69) is 10.5 Å². The second-order valence-electron chi connectivity index (χ2n) is 4.72. The molecular formula is C14H11ClN2O4. The molecule has 21 heavy (non-hydrogen) atoms. The van der Waals surface area contributed by atoms with Crippen molar-refractivity contribution in [1.29, 1.82) is 0 Å². The molecule has 3 rings (SSSR count). The van der Waals surface area contributed by atoms with Gasteiger partial charge in [0.15, 0.2) is 11.5 Å². The molecule has 108 valence electrons. The smallest absolute Gasteiger partial charge is 0.322 e. The summed E-state index contributed by atoms with van der Waals surface area (Å²) in [5.41, 5.74) is 2.76. The van der Waals surface area contributed by atoms with Crippen molar-refractivity contribution in [2.24, 2.45) is 0 Å². The highest BCUT2D eigenvalue weighted by atomic mass is 35.5. The molecule has 1 aliphatic rings. The summed E-state index contributed by atoms with van der Waals surface area (Å²) in [5.74, 6) is -1.10. The minimum Gasteiger partial charge on any atom is -0.480 e. The number of benzene rings is 1. The van der Waals surface area contributed by atoms with Gasteiger partial charge in [-0.15, -0.1) is 0 Å². The van der Waals surface area contributed by atoms with Crippen molar-refractivity contribution >= 4 is 23.5 Å². The number of carboxylic acid groups (broad SMARTS) is 1. The largest absolute Gasteiger partial charge is 0.480 e. The fourth-order valence-corrected chi connectivity index (χ4v) is 2.62. The van der Waals surface area contributed by atoms with Gasteiger partial charge in [-0.05, 0) is 36.6 Å². The Balaban J connectivity index is 1.94. The van der Waals surface area contributed by atoms with Gasteiger partial charge in [-0.25, -0.2) is 0 Å². The van der Waals surface area contributed by atoms with Gasteiger partial charge in [0.2, 0.25) is 0 Å². The van der Waals surface area contributed by atoms with E-state index in [-0.39, 0.29) is 5.69 Å². The van der Waals surface area contributed by atoms with E-state index in [0.29, 0.717) is 22.8 Å². The second kappa shape index (κ2) is 5.21. The molecule has 1 aliphatic carbocycles. The molecule has 0 saturated carbocycles. The number of rotatable bonds is 3. The lowest BCUT2D eigenvalue weighted by Gasteiger charge is -2.14. The van der Waals surface area contributed by atoms with Gasteiger partial charge in [0.25, 0.3) is 5.91 Å². The van der Waals surface area contributed by atoms with E-state index in [0.717, 1.165) is 17.5 Å². The fourth-order valence-electron chi connectivity index (χ4n) is 2.42. The van der Waals surface area contributed by atoms with Crippen LogP contribution in [0.4, 0.5) is 0 Å². The molecule has 2 aromatic rings. The number of fused-ring (bicyclic) bond motifs is 3. The molecule has 0 fully saturated rings. The molecule has 1 heterocycles.